The summed E-state index contributed by atoms with van der Waals surface area (Å²) in [7, 11) is 0. The van der Waals surface area contributed by atoms with E-state index in [1.54, 1.807) is 26.8 Å². The van der Waals surface area contributed by atoms with E-state index in [1.807, 2.05) is 0 Å². The van der Waals surface area contributed by atoms with Gasteiger partial charge >= 0.3 is 6.09 Å². The third-order valence-electron chi connectivity index (χ3n) is 2.13. The molecule has 0 heterocycles. The standard InChI is InChI=1S/C13H19NO4/c1-13(2,3)18-12(17)14-7-6-9-4-5-10(15)8-11(9)16/h4-5,8,15-16H,6-7H2,1-3H3,(H,14,17). The Kier molecular flexibility index (Phi) is 4.42. The lowest BCUT2D eigenvalue weighted by Gasteiger charge is -2.19. The Balaban J connectivity index is 2.40. The zero-order chi connectivity index (χ0) is 13.8. The van der Waals surface area contributed by atoms with Crippen molar-refractivity contribution in [1.82, 2.24) is 5.32 Å². The van der Waals surface area contributed by atoms with E-state index >= 15 is 0 Å². The topological polar surface area (TPSA) is 78.8 Å². The fourth-order valence-electron chi connectivity index (χ4n) is 1.38. The van der Waals surface area contributed by atoms with Gasteiger partial charge in [0, 0.05) is 12.6 Å². The van der Waals surface area contributed by atoms with E-state index in [9.17, 15) is 9.90 Å². The Bertz CT molecular complexity index is 423. The Morgan fingerprint density at radius 3 is 2.56 bits per heavy atom. The molecular weight excluding hydrogens is 234 g/mol. The van der Waals surface area contributed by atoms with Gasteiger partial charge in [0.05, 0.1) is 0 Å². The van der Waals surface area contributed by atoms with Crippen molar-refractivity contribution in [2.75, 3.05) is 6.54 Å². The van der Waals surface area contributed by atoms with Crippen LogP contribution in [0.2, 0.25) is 0 Å². The highest BCUT2D eigenvalue weighted by Crippen LogP contribution is 2.22. The molecule has 1 rings (SSSR count). The first-order chi connectivity index (χ1) is 8.28. The largest absolute Gasteiger partial charge is 0.508 e. The van der Waals surface area contributed by atoms with Crippen LogP contribution in [0.1, 0.15) is 26.3 Å². The molecule has 100 valence electrons. The van der Waals surface area contributed by atoms with Crippen molar-refractivity contribution < 1.29 is 19.7 Å². The molecule has 0 radical (unpaired) electrons. The van der Waals surface area contributed by atoms with Gasteiger partial charge in [-0.05, 0) is 38.8 Å². The van der Waals surface area contributed by atoms with E-state index in [-0.39, 0.29) is 11.5 Å². The molecular formula is C13H19NO4. The lowest BCUT2D eigenvalue weighted by Crippen LogP contribution is -2.33. The summed E-state index contributed by atoms with van der Waals surface area (Å²) in [5.41, 5.74) is 0.133. The number of nitrogens with one attached hydrogen (secondary N) is 1. The SMILES string of the molecule is CC(C)(C)OC(=O)NCCc1ccc(O)cc1O. The normalized spacial score (nSPS) is 11.1. The number of carbonyl (C=O) groups excluding carboxylic acids is 1. The third kappa shape index (κ3) is 4.95. The fourth-order valence-corrected chi connectivity index (χ4v) is 1.38. The summed E-state index contributed by atoms with van der Waals surface area (Å²) in [4.78, 5) is 11.4. The molecule has 0 spiro atoms. The van der Waals surface area contributed by atoms with Crippen LogP contribution in [-0.2, 0) is 11.2 Å². The second-order valence-electron chi connectivity index (χ2n) is 4.99. The average Bonchev–Trinajstić information content (AvgIpc) is 2.18. The van der Waals surface area contributed by atoms with Gasteiger partial charge in [-0.3, -0.25) is 0 Å². The van der Waals surface area contributed by atoms with Crippen molar-refractivity contribution in [1.29, 1.82) is 0 Å². The number of hydrogen-bond acceptors (Lipinski definition) is 4. The summed E-state index contributed by atoms with van der Waals surface area (Å²) in [5.74, 6) is 0.0253. The molecule has 0 aliphatic carbocycles. The number of carbonyl (C=O) groups is 1. The van der Waals surface area contributed by atoms with Crippen LogP contribution in [0, 0.1) is 0 Å². The minimum atomic E-state index is -0.523. The van der Waals surface area contributed by atoms with Gasteiger partial charge in [-0.1, -0.05) is 6.07 Å². The maximum Gasteiger partial charge on any atom is 0.407 e. The molecule has 1 aromatic rings. The first kappa shape index (κ1) is 14.2. The van der Waals surface area contributed by atoms with Gasteiger partial charge < -0.3 is 20.3 Å². The van der Waals surface area contributed by atoms with Gasteiger partial charge in [0.25, 0.3) is 0 Å². The van der Waals surface area contributed by atoms with Crippen LogP contribution >= 0.6 is 0 Å². The van der Waals surface area contributed by atoms with Crippen molar-refractivity contribution >= 4 is 6.09 Å². The summed E-state index contributed by atoms with van der Waals surface area (Å²) < 4.78 is 5.07. The molecule has 0 aliphatic heterocycles. The number of rotatable bonds is 3. The maximum absolute atomic E-state index is 11.4. The zero-order valence-electron chi connectivity index (χ0n) is 10.9. The summed E-state index contributed by atoms with van der Waals surface area (Å²) in [6.45, 7) is 5.72. The van der Waals surface area contributed by atoms with E-state index < -0.39 is 11.7 Å². The molecule has 0 saturated heterocycles. The van der Waals surface area contributed by atoms with Gasteiger partial charge in [-0.15, -0.1) is 0 Å². The highest BCUT2D eigenvalue weighted by atomic mass is 16.6. The van der Waals surface area contributed by atoms with Crippen LogP contribution in [0.3, 0.4) is 0 Å². The summed E-state index contributed by atoms with van der Waals surface area (Å²) in [5, 5.41) is 21.3. The highest BCUT2D eigenvalue weighted by Gasteiger charge is 2.15. The van der Waals surface area contributed by atoms with E-state index in [0.717, 1.165) is 0 Å². The summed E-state index contributed by atoms with van der Waals surface area (Å²) >= 11 is 0. The molecule has 0 aliphatic rings. The molecule has 0 saturated carbocycles. The number of benzene rings is 1. The Morgan fingerprint density at radius 2 is 2.00 bits per heavy atom. The predicted octanol–water partition coefficient (Wildman–Crippen LogP) is 2.17. The van der Waals surface area contributed by atoms with Gasteiger partial charge in [-0.2, -0.15) is 0 Å². The third-order valence-corrected chi connectivity index (χ3v) is 2.13. The van der Waals surface area contributed by atoms with Crippen molar-refractivity contribution in [2.24, 2.45) is 0 Å². The molecule has 3 N–H and O–H groups in total. The van der Waals surface area contributed by atoms with Gasteiger partial charge in [-0.25, -0.2) is 4.79 Å². The Morgan fingerprint density at radius 1 is 1.33 bits per heavy atom. The molecule has 5 heteroatoms. The van der Waals surface area contributed by atoms with Crippen LogP contribution < -0.4 is 5.32 Å². The molecule has 0 atom stereocenters. The minimum Gasteiger partial charge on any atom is -0.508 e. The number of ether oxygens (including phenoxy) is 1. The van der Waals surface area contributed by atoms with Crippen LogP contribution in [0.15, 0.2) is 18.2 Å². The molecule has 18 heavy (non-hydrogen) atoms. The molecule has 0 aromatic heterocycles. The summed E-state index contributed by atoms with van der Waals surface area (Å²) in [6.07, 6.45) is -0.0218. The van der Waals surface area contributed by atoms with Crippen LogP contribution in [0.4, 0.5) is 4.79 Å². The quantitative estimate of drug-likeness (QED) is 0.771. The minimum absolute atomic E-state index is 0.0105. The second kappa shape index (κ2) is 5.62. The van der Waals surface area contributed by atoms with E-state index in [0.29, 0.717) is 18.5 Å². The number of phenols is 2. The van der Waals surface area contributed by atoms with Crippen molar-refractivity contribution in [3.63, 3.8) is 0 Å². The second-order valence-corrected chi connectivity index (χ2v) is 4.99. The smallest absolute Gasteiger partial charge is 0.407 e. The molecule has 0 bridgehead atoms. The lowest BCUT2D eigenvalue weighted by atomic mass is 10.1. The summed E-state index contributed by atoms with van der Waals surface area (Å²) in [6, 6.07) is 4.37. The first-order valence-electron chi connectivity index (χ1n) is 5.75. The first-order valence-corrected chi connectivity index (χ1v) is 5.75. The average molecular weight is 253 g/mol. The molecule has 1 aromatic carbocycles. The maximum atomic E-state index is 11.4. The predicted molar refractivity (Wildman–Crippen MR) is 67.7 cm³/mol. The number of phenolic OH excluding ortho intramolecular Hbond substituents is 2. The molecule has 1 amide bonds. The Labute approximate surface area is 106 Å². The Hall–Kier alpha value is -1.91. The zero-order valence-corrected chi connectivity index (χ0v) is 10.9. The van der Waals surface area contributed by atoms with Crippen LogP contribution in [0.25, 0.3) is 0 Å². The van der Waals surface area contributed by atoms with Gasteiger partial charge in [0.2, 0.25) is 0 Å². The number of alkyl carbamates (subject to hydrolysis) is 1. The monoisotopic (exact) mass is 253 g/mol. The van der Waals surface area contributed by atoms with Gasteiger partial charge in [0.1, 0.15) is 17.1 Å². The van der Waals surface area contributed by atoms with Crippen molar-refractivity contribution in [3.8, 4) is 11.5 Å². The van der Waals surface area contributed by atoms with E-state index in [4.69, 9.17) is 9.84 Å². The van der Waals surface area contributed by atoms with Crippen molar-refractivity contribution in [3.05, 3.63) is 23.8 Å². The van der Waals surface area contributed by atoms with Crippen molar-refractivity contribution in [2.45, 2.75) is 32.8 Å². The number of aromatic hydroxyl groups is 2. The lowest BCUT2D eigenvalue weighted by molar-refractivity contribution is 0.0528. The molecule has 0 unspecified atom stereocenters. The fraction of sp³-hybridized carbons (Fsp3) is 0.462. The molecule has 5 nitrogen and oxygen atoms in total. The number of amides is 1. The van der Waals surface area contributed by atoms with Crippen LogP contribution in [-0.4, -0.2) is 28.5 Å². The van der Waals surface area contributed by atoms with Crippen LogP contribution in [0.5, 0.6) is 11.5 Å². The molecule has 0 fully saturated rings. The van der Waals surface area contributed by atoms with E-state index in [1.165, 1.54) is 12.1 Å². The highest BCUT2D eigenvalue weighted by molar-refractivity contribution is 5.67. The van der Waals surface area contributed by atoms with E-state index in [2.05, 4.69) is 5.32 Å². The number of hydrogen-bond donors (Lipinski definition) is 3. The van der Waals surface area contributed by atoms with Gasteiger partial charge in [0.15, 0.2) is 0 Å².